The number of carbonyl (C=O) groups is 1. The largest absolute Gasteiger partial charge is 0.394 e. The lowest BCUT2D eigenvalue weighted by atomic mass is 9.77. The second-order valence-corrected chi connectivity index (χ2v) is 5.59. The molecule has 7 heteroatoms. The molecule has 3 N–H and O–H groups in total. The molecule has 2 rings (SSSR count). The summed E-state index contributed by atoms with van der Waals surface area (Å²) in [5, 5.41) is 12.7. The van der Waals surface area contributed by atoms with Gasteiger partial charge in [-0.05, 0) is 32.4 Å². The zero-order chi connectivity index (χ0) is 14.0. The van der Waals surface area contributed by atoms with Gasteiger partial charge in [-0.15, -0.1) is 11.8 Å². The van der Waals surface area contributed by atoms with Crippen LogP contribution in [0.4, 0.5) is 0 Å². The Bertz CT molecular complexity index is 546. The van der Waals surface area contributed by atoms with E-state index >= 15 is 0 Å². The Morgan fingerprint density at radius 2 is 2.26 bits per heavy atom. The number of hydrogen-bond acceptors (Lipinski definition) is 5. The van der Waals surface area contributed by atoms with Gasteiger partial charge in [0.15, 0.2) is 0 Å². The molecule has 1 aliphatic carbocycles. The van der Waals surface area contributed by atoms with E-state index in [1.165, 1.54) is 11.8 Å². The summed E-state index contributed by atoms with van der Waals surface area (Å²) in [4.78, 5) is 30.0. The molecule has 0 bridgehead atoms. The van der Waals surface area contributed by atoms with Gasteiger partial charge in [0.2, 0.25) is 0 Å². The topological polar surface area (TPSA) is 95.1 Å². The number of thioether (sulfide) groups is 1. The van der Waals surface area contributed by atoms with Gasteiger partial charge in [0.1, 0.15) is 5.03 Å². The number of hydrogen-bond donors (Lipinski definition) is 3. The molecular formula is C12H17N3O3S. The number of rotatable bonds is 4. The van der Waals surface area contributed by atoms with Crippen molar-refractivity contribution in [3.63, 3.8) is 0 Å². The van der Waals surface area contributed by atoms with Crippen molar-refractivity contribution < 1.29 is 9.90 Å². The van der Waals surface area contributed by atoms with Gasteiger partial charge in [0.05, 0.1) is 17.7 Å². The molecule has 0 aromatic carbocycles. The van der Waals surface area contributed by atoms with Crippen LogP contribution in [0.2, 0.25) is 0 Å². The third-order valence-corrected chi connectivity index (χ3v) is 4.18. The van der Waals surface area contributed by atoms with Gasteiger partial charge in [-0.3, -0.25) is 4.79 Å². The lowest BCUT2D eigenvalue weighted by molar-refractivity contribution is 0.0637. The summed E-state index contributed by atoms with van der Waals surface area (Å²) in [6.45, 7) is 1.60. The highest BCUT2D eigenvalue weighted by molar-refractivity contribution is 7.98. The van der Waals surface area contributed by atoms with E-state index in [9.17, 15) is 14.7 Å². The molecule has 1 aromatic rings. The average Bonchev–Trinajstić information content (AvgIpc) is 2.32. The molecule has 0 radical (unpaired) electrons. The summed E-state index contributed by atoms with van der Waals surface area (Å²) in [7, 11) is 0. The Labute approximate surface area is 115 Å². The average molecular weight is 283 g/mol. The van der Waals surface area contributed by atoms with E-state index in [1.54, 1.807) is 13.2 Å². The number of carbonyl (C=O) groups excluding carboxylic acids is 1. The third kappa shape index (κ3) is 2.66. The summed E-state index contributed by atoms with van der Waals surface area (Å²) in [6.07, 6.45) is 4.32. The molecule has 0 unspecified atom stereocenters. The van der Waals surface area contributed by atoms with Crippen LogP contribution in [-0.4, -0.2) is 39.4 Å². The van der Waals surface area contributed by atoms with Crippen LogP contribution in [0, 0.1) is 6.92 Å². The van der Waals surface area contributed by atoms with Gasteiger partial charge in [-0.2, -0.15) is 4.98 Å². The van der Waals surface area contributed by atoms with E-state index in [0.717, 1.165) is 19.3 Å². The van der Waals surface area contributed by atoms with Crippen molar-refractivity contribution in [1.29, 1.82) is 0 Å². The van der Waals surface area contributed by atoms with E-state index in [-0.39, 0.29) is 12.5 Å². The number of nitrogens with zero attached hydrogens (tertiary/aromatic N) is 1. The zero-order valence-corrected chi connectivity index (χ0v) is 11.8. The Balaban J connectivity index is 2.31. The van der Waals surface area contributed by atoms with Crippen LogP contribution in [0.3, 0.4) is 0 Å². The smallest absolute Gasteiger partial charge is 0.346 e. The molecule has 1 fully saturated rings. The molecular weight excluding hydrogens is 266 g/mol. The highest BCUT2D eigenvalue weighted by atomic mass is 32.2. The number of aryl methyl sites for hydroxylation is 1. The monoisotopic (exact) mass is 283 g/mol. The van der Waals surface area contributed by atoms with Gasteiger partial charge in [0, 0.05) is 5.69 Å². The summed E-state index contributed by atoms with van der Waals surface area (Å²) in [5.41, 5.74) is -0.0880. The number of aliphatic hydroxyl groups excluding tert-OH is 1. The van der Waals surface area contributed by atoms with Crippen LogP contribution in [0.25, 0.3) is 0 Å². The molecule has 1 heterocycles. The minimum absolute atomic E-state index is 0.0663. The van der Waals surface area contributed by atoms with Crippen molar-refractivity contribution in [3.8, 4) is 0 Å². The standard InChI is InChI=1S/C12H17N3O3S/c1-7-8(10(19-2)14-11(18)13-7)9(17)15-12(6-16)4-3-5-12/h16H,3-6H2,1-2H3,(H,15,17)(H,13,14,18). The van der Waals surface area contributed by atoms with Crippen molar-refractivity contribution in [2.24, 2.45) is 0 Å². The van der Waals surface area contributed by atoms with Crippen LogP contribution >= 0.6 is 11.8 Å². The molecule has 1 saturated carbocycles. The fraction of sp³-hybridized carbons (Fsp3) is 0.583. The molecule has 6 nitrogen and oxygen atoms in total. The zero-order valence-electron chi connectivity index (χ0n) is 10.9. The van der Waals surface area contributed by atoms with Crippen LogP contribution in [0.15, 0.2) is 9.82 Å². The highest BCUT2D eigenvalue weighted by Gasteiger charge is 2.38. The van der Waals surface area contributed by atoms with Gasteiger partial charge in [-0.1, -0.05) is 0 Å². The Hall–Kier alpha value is -1.34. The normalized spacial score (nSPS) is 16.8. The minimum atomic E-state index is -0.505. The Morgan fingerprint density at radius 1 is 1.58 bits per heavy atom. The van der Waals surface area contributed by atoms with Crippen molar-refractivity contribution in [2.45, 2.75) is 36.8 Å². The van der Waals surface area contributed by atoms with Gasteiger partial charge in [-0.25, -0.2) is 4.79 Å². The quantitative estimate of drug-likeness (QED) is 0.551. The molecule has 0 aliphatic heterocycles. The van der Waals surface area contributed by atoms with E-state index < -0.39 is 11.2 Å². The summed E-state index contributed by atoms with van der Waals surface area (Å²) < 4.78 is 0. The van der Waals surface area contributed by atoms with Gasteiger partial charge >= 0.3 is 5.69 Å². The second kappa shape index (κ2) is 5.34. The third-order valence-electron chi connectivity index (χ3n) is 3.50. The first kappa shape index (κ1) is 14.1. The summed E-state index contributed by atoms with van der Waals surface area (Å²) in [6, 6.07) is 0. The van der Waals surface area contributed by atoms with Crippen LogP contribution in [-0.2, 0) is 0 Å². The molecule has 1 amide bonds. The molecule has 104 valence electrons. The van der Waals surface area contributed by atoms with Crippen molar-refractivity contribution >= 4 is 17.7 Å². The minimum Gasteiger partial charge on any atom is -0.394 e. The fourth-order valence-electron chi connectivity index (χ4n) is 2.20. The number of amides is 1. The predicted molar refractivity (Wildman–Crippen MR) is 72.5 cm³/mol. The SMILES string of the molecule is CSc1nc(=O)[nH]c(C)c1C(=O)NC1(CO)CCC1. The van der Waals surface area contributed by atoms with Crippen molar-refractivity contribution in [2.75, 3.05) is 12.9 Å². The predicted octanol–water partition coefficient (Wildman–Crippen LogP) is 0.445. The van der Waals surface area contributed by atoms with E-state index in [1.807, 2.05) is 0 Å². The second-order valence-electron chi connectivity index (χ2n) is 4.80. The number of H-pyrrole nitrogens is 1. The number of aromatic nitrogens is 2. The summed E-state index contributed by atoms with van der Waals surface area (Å²) >= 11 is 1.26. The Morgan fingerprint density at radius 3 is 2.74 bits per heavy atom. The lowest BCUT2D eigenvalue weighted by Crippen LogP contribution is -2.56. The van der Waals surface area contributed by atoms with E-state index in [4.69, 9.17) is 0 Å². The Kier molecular flexibility index (Phi) is 3.96. The van der Waals surface area contributed by atoms with E-state index in [2.05, 4.69) is 15.3 Å². The number of aromatic amines is 1. The maximum atomic E-state index is 12.3. The highest BCUT2D eigenvalue weighted by Crippen LogP contribution is 2.32. The lowest BCUT2D eigenvalue weighted by Gasteiger charge is -2.41. The molecule has 1 aromatic heterocycles. The van der Waals surface area contributed by atoms with Crippen LogP contribution < -0.4 is 11.0 Å². The maximum Gasteiger partial charge on any atom is 0.346 e. The first-order chi connectivity index (χ1) is 9.01. The van der Waals surface area contributed by atoms with Gasteiger partial charge in [0.25, 0.3) is 5.91 Å². The molecule has 0 saturated heterocycles. The molecule has 1 aliphatic rings. The number of aliphatic hydroxyl groups is 1. The summed E-state index contributed by atoms with van der Waals surface area (Å²) in [5.74, 6) is -0.292. The molecule has 19 heavy (non-hydrogen) atoms. The van der Waals surface area contributed by atoms with Gasteiger partial charge < -0.3 is 15.4 Å². The van der Waals surface area contributed by atoms with Crippen LogP contribution in [0.1, 0.15) is 35.3 Å². The van der Waals surface area contributed by atoms with Crippen LogP contribution in [0.5, 0.6) is 0 Å². The fourth-order valence-corrected chi connectivity index (χ4v) is 2.83. The van der Waals surface area contributed by atoms with Crippen molar-refractivity contribution in [1.82, 2.24) is 15.3 Å². The molecule has 0 atom stereocenters. The first-order valence-corrected chi connectivity index (χ1v) is 7.32. The first-order valence-electron chi connectivity index (χ1n) is 6.09. The number of nitrogens with one attached hydrogen (secondary N) is 2. The maximum absolute atomic E-state index is 12.3. The molecule has 0 spiro atoms. The van der Waals surface area contributed by atoms with Crippen molar-refractivity contribution in [3.05, 3.63) is 21.7 Å². The van der Waals surface area contributed by atoms with E-state index in [0.29, 0.717) is 16.3 Å².